The van der Waals surface area contributed by atoms with Gasteiger partial charge in [-0.3, -0.25) is 9.78 Å². The van der Waals surface area contributed by atoms with E-state index in [0.29, 0.717) is 5.92 Å². The maximum Gasteiger partial charge on any atom is 0.255 e. The Kier molecular flexibility index (Phi) is 4.38. The molecule has 1 unspecified atom stereocenters. The van der Waals surface area contributed by atoms with E-state index in [-0.39, 0.29) is 5.91 Å². The summed E-state index contributed by atoms with van der Waals surface area (Å²) in [4.78, 5) is 18.8. The van der Waals surface area contributed by atoms with E-state index in [4.69, 9.17) is 0 Å². The molecule has 0 spiro atoms. The van der Waals surface area contributed by atoms with E-state index < -0.39 is 0 Å². The molecule has 0 saturated carbocycles. The molecule has 1 amide bonds. The van der Waals surface area contributed by atoms with Crippen molar-refractivity contribution in [1.82, 2.24) is 9.88 Å². The van der Waals surface area contributed by atoms with Gasteiger partial charge in [-0.25, -0.2) is 0 Å². The number of rotatable bonds is 2. The first-order valence-electron chi connectivity index (χ1n) is 6.41. The fourth-order valence-electron chi connectivity index (χ4n) is 2.46. The second-order valence-electron chi connectivity index (χ2n) is 5.00. The lowest BCUT2D eigenvalue weighted by Gasteiger charge is -2.32. The van der Waals surface area contributed by atoms with Crippen molar-refractivity contribution in [2.75, 3.05) is 18.4 Å². The molecular weight excluding hydrogens is 292 g/mol. The van der Waals surface area contributed by atoms with Crippen LogP contribution >= 0.6 is 15.9 Å². The van der Waals surface area contributed by atoms with Crippen molar-refractivity contribution >= 4 is 21.8 Å². The second-order valence-corrected chi connectivity index (χ2v) is 5.65. The molecule has 1 aromatic rings. The lowest BCUT2D eigenvalue weighted by Crippen LogP contribution is -2.40. The molecule has 18 heavy (non-hydrogen) atoms. The van der Waals surface area contributed by atoms with Crippen LogP contribution in [0.5, 0.6) is 0 Å². The number of piperidine rings is 1. The summed E-state index contributed by atoms with van der Waals surface area (Å²) in [7, 11) is 0. The topological polar surface area (TPSA) is 33.2 Å². The molecular formula is C14H19BrN2O. The Labute approximate surface area is 117 Å². The Balaban J connectivity index is 2.15. The molecule has 0 aromatic carbocycles. The van der Waals surface area contributed by atoms with Gasteiger partial charge in [-0.15, -0.1) is 0 Å². The van der Waals surface area contributed by atoms with Crippen molar-refractivity contribution in [1.29, 1.82) is 0 Å². The molecule has 1 saturated heterocycles. The SMILES string of the molecule is Cc1ccc(C(=O)N2CCCC(CBr)C2)c(C)n1. The van der Waals surface area contributed by atoms with Crippen LogP contribution in [0.1, 0.15) is 34.6 Å². The Morgan fingerprint density at radius 2 is 2.28 bits per heavy atom. The fraction of sp³-hybridized carbons (Fsp3) is 0.571. The van der Waals surface area contributed by atoms with Crippen LogP contribution in [-0.4, -0.2) is 34.2 Å². The average Bonchev–Trinajstić information content (AvgIpc) is 2.38. The number of carbonyl (C=O) groups excluding carboxylic acids is 1. The first-order valence-corrected chi connectivity index (χ1v) is 7.53. The minimum atomic E-state index is 0.130. The van der Waals surface area contributed by atoms with Crippen molar-refractivity contribution in [3.63, 3.8) is 0 Å². The number of hydrogen-bond acceptors (Lipinski definition) is 2. The highest BCUT2D eigenvalue weighted by Gasteiger charge is 2.24. The number of hydrogen-bond donors (Lipinski definition) is 0. The van der Waals surface area contributed by atoms with Gasteiger partial charge in [0.15, 0.2) is 0 Å². The minimum Gasteiger partial charge on any atom is -0.338 e. The number of pyridine rings is 1. The number of nitrogens with zero attached hydrogens (tertiary/aromatic N) is 2. The molecule has 3 nitrogen and oxygen atoms in total. The van der Waals surface area contributed by atoms with E-state index in [1.54, 1.807) is 0 Å². The number of carbonyl (C=O) groups is 1. The lowest BCUT2D eigenvalue weighted by molar-refractivity contribution is 0.0684. The number of halogens is 1. The van der Waals surface area contributed by atoms with Gasteiger partial charge in [-0.05, 0) is 44.7 Å². The molecule has 4 heteroatoms. The summed E-state index contributed by atoms with van der Waals surface area (Å²) in [5.41, 5.74) is 2.54. The molecule has 0 aliphatic carbocycles. The van der Waals surface area contributed by atoms with Gasteiger partial charge in [-0.2, -0.15) is 0 Å². The number of aryl methyl sites for hydroxylation is 2. The van der Waals surface area contributed by atoms with Gasteiger partial charge in [0.1, 0.15) is 0 Å². The van der Waals surface area contributed by atoms with Crippen LogP contribution in [0.3, 0.4) is 0 Å². The Bertz CT molecular complexity index is 447. The van der Waals surface area contributed by atoms with Crippen molar-refractivity contribution in [3.8, 4) is 0 Å². The molecule has 0 bridgehead atoms. The normalized spacial score (nSPS) is 19.9. The van der Waals surface area contributed by atoms with Crippen LogP contribution in [0.2, 0.25) is 0 Å². The van der Waals surface area contributed by atoms with Crippen LogP contribution in [0.15, 0.2) is 12.1 Å². The molecule has 0 radical (unpaired) electrons. The van der Waals surface area contributed by atoms with Crippen LogP contribution in [0, 0.1) is 19.8 Å². The largest absolute Gasteiger partial charge is 0.338 e. The van der Waals surface area contributed by atoms with E-state index in [1.807, 2.05) is 30.9 Å². The van der Waals surface area contributed by atoms with E-state index >= 15 is 0 Å². The van der Waals surface area contributed by atoms with Crippen molar-refractivity contribution in [2.24, 2.45) is 5.92 Å². The third-order valence-electron chi connectivity index (χ3n) is 3.48. The van der Waals surface area contributed by atoms with Gasteiger partial charge in [0.05, 0.1) is 11.3 Å². The van der Waals surface area contributed by atoms with Gasteiger partial charge < -0.3 is 4.90 Å². The summed E-state index contributed by atoms with van der Waals surface area (Å²) >= 11 is 3.52. The first kappa shape index (κ1) is 13.5. The molecule has 1 atom stereocenters. The summed E-state index contributed by atoms with van der Waals surface area (Å²) in [6, 6.07) is 3.81. The van der Waals surface area contributed by atoms with Gasteiger partial charge in [0, 0.05) is 24.1 Å². The smallest absolute Gasteiger partial charge is 0.255 e. The lowest BCUT2D eigenvalue weighted by atomic mass is 9.99. The van der Waals surface area contributed by atoms with Crippen LogP contribution in [0.25, 0.3) is 0 Å². The Morgan fingerprint density at radius 3 is 2.94 bits per heavy atom. The standard InChI is InChI=1S/C14H19BrN2O/c1-10-5-6-13(11(2)16-10)14(18)17-7-3-4-12(8-15)9-17/h5-6,12H,3-4,7-9H2,1-2H3. The van der Waals surface area contributed by atoms with Crippen LogP contribution in [-0.2, 0) is 0 Å². The van der Waals surface area contributed by atoms with E-state index in [0.717, 1.165) is 41.8 Å². The minimum absolute atomic E-state index is 0.130. The molecule has 1 aromatic heterocycles. The summed E-state index contributed by atoms with van der Waals surface area (Å²) in [6.45, 7) is 5.59. The number of aromatic nitrogens is 1. The van der Waals surface area contributed by atoms with E-state index in [2.05, 4.69) is 20.9 Å². The first-order chi connectivity index (χ1) is 8.61. The zero-order valence-electron chi connectivity index (χ0n) is 10.9. The molecule has 2 heterocycles. The van der Waals surface area contributed by atoms with Crippen molar-refractivity contribution in [3.05, 3.63) is 29.1 Å². The molecule has 0 N–H and O–H groups in total. The predicted molar refractivity (Wildman–Crippen MR) is 76.1 cm³/mol. The second kappa shape index (κ2) is 5.83. The quantitative estimate of drug-likeness (QED) is 0.787. The fourth-order valence-corrected chi connectivity index (χ4v) is 2.99. The Hall–Kier alpha value is -0.900. The number of alkyl halides is 1. The number of likely N-dealkylation sites (tertiary alicyclic amines) is 1. The monoisotopic (exact) mass is 310 g/mol. The summed E-state index contributed by atoms with van der Waals surface area (Å²) < 4.78 is 0. The van der Waals surface area contributed by atoms with Gasteiger partial charge in [-0.1, -0.05) is 15.9 Å². The highest BCUT2D eigenvalue weighted by atomic mass is 79.9. The average molecular weight is 311 g/mol. The zero-order chi connectivity index (χ0) is 13.1. The van der Waals surface area contributed by atoms with Crippen molar-refractivity contribution in [2.45, 2.75) is 26.7 Å². The molecule has 1 aliphatic heterocycles. The zero-order valence-corrected chi connectivity index (χ0v) is 12.5. The third-order valence-corrected chi connectivity index (χ3v) is 4.40. The number of amides is 1. The molecule has 1 fully saturated rings. The maximum atomic E-state index is 12.5. The van der Waals surface area contributed by atoms with Gasteiger partial charge in [0.2, 0.25) is 0 Å². The highest BCUT2D eigenvalue weighted by molar-refractivity contribution is 9.09. The highest BCUT2D eigenvalue weighted by Crippen LogP contribution is 2.20. The summed E-state index contributed by atoms with van der Waals surface area (Å²) in [5.74, 6) is 0.715. The van der Waals surface area contributed by atoms with Gasteiger partial charge >= 0.3 is 0 Å². The van der Waals surface area contributed by atoms with Crippen LogP contribution < -0.4 is 0 Å². The molecule has 1 aliphatic rings. The van der Waals surface area contributed by atoms with E-state index in [1.165, 1.54) is 6.42 Å². The van der Waals surface area contributed by atoms with E-state index in [9.17, 15) is 4.79 Å². The summed E-state index contributed by atoms with van der Waals surface area (Å²) in [5, 5.41) is 0.974. The van der Waals surface area contributed by atoms with Crippen molar-refractivity contribution < 1.29 is 4.79 Å². The summed E-state index contributed by atoms with van der Waals surface area (Å²) in [6.07, 6.45) is 2.31. The Morgan fingerprint density at radius 1 is 1.50 bits per heavy atom. The predicted octanol–water partition coefficient (Wildman–Crippen LogP) is 2.95. The van der Waals surface area contributed by atoms with Crippen LogP contribution in [0.4, 0.5) is 0 Å². The maximum absolute atomic E-state index is 12.5. The van der Waals surface area contributed by atoms with Gasteiger partial charge in [0.25, 0.3) is 5.91 Å². The molecule has 98 valence electrons. The third kappa shape index (κ3) is 2.91. The molecule has 2 rings (SSSR count).